The normalized spacial score (nSPS) is 10.7. The number of benzene rings is 1. The van der Waals surface area contributed by atoms with Gasteiger partial charge in [-0.1, -0.05) is 29.5 Å². The minimum Gasteiger partial charge on any atom is -0.461 e. The molecule has 118 valence electrons. The van der Waals surface area contributed by atoms with Gasteiger partial charge in [-0.05, 0) is 19.1 Å². The quantitative estimate of drug-likeness (QED) is 0.666. The van der Waals surface area contributed by atoms with Crippen LogP contribution < -0.4 is 4.87 Å². The van der Waals surface area contributed by atoms with Crippen molar-refractivity contribution in [1.29, 1.82) is 0 Å². The first-order valence-corrected chi connectivity index (χ1v) is 7.89. The minimum absolute atomic E-state index is 0.170. The Bertz CT molecular complexity index is 866. The van der Waals surface area contributed by atoms with Crippen LogP contribution in [0, 0.1) is 0 Å². The highest BCUT2D eigenvalue weighted by Gasteiger charge is 2.17. The van der Waals surface area contributed by atoms with Crippen molar-refractivity contribution < 1.29 is 9.53 Å². The molecule has 23 heavy (non-hydrogen) atoms. The molecule has 0 spiro atoms. The lowest BCUT2D eigenvalue weighted by Crippen LogP contribution is -2.21. The number of aromatic nitrogens is 4. The summed E-state index contributed by atoms with van der Waals surface area (Å²) in [5.74, 6) is -0.513. The van der Waals surface area contributed by atoms with Gasteiger partial charge in [0, 0.05) is 5.38 Å². The maximum atomic E-state index is 11.9. The molecular formula is C15H14N4O3S. The van der Waals surface area contributed by atoms with Crippen molar-refractivity contribution >= 4 is 17.3 Å². The van der Waals surface area contributed by atoms with Gasteiger partial charge in [-0.25, -0.2) is 4.79 Å². The van der Waals surface area contributed by atoms with Gasteiger partial charge in [0.15, 0.2) is 0 Å². The zero-order valence-electron chi connectivity index (χ0n) is 12.4. The second-order valence-corrected chi connectivity index (χ2v) is 5.48. The summed E-state index contributed by atoms with van der Waals surface area (Å²) in [6, 6.07) is 9.45. The van der Waals surface area contributed by atoms with E-state index in [-0.39, 0.29) is 23.7 Å². The fourth-order valence-electron chi connectivity index (χ4n) is 2.06. The van der Waals surface area contributed by atoms with Gasteiger partial charge < -0.3 is 4.74 Å². The number of rotatable bonds is 5. The van der Waals surface area contributed by atoms with Crippen molar-refractivity contribution in [2.45, 2.75) is 13.5 Å². The number of carbonyl (C=O) groups excluding carboxylic acids is 1. The molecule has 0 atom stereocenters. The van der Waals surface area contributed by atoms with E-state index < -0.39 is 5.97 Å². The standard InChI is InChI=1S/C15H14N4O3S/c1-2-22-14(20)13-10-23-15(21)18(13)9-11-8-16-19(17-11)12-6-4-3-5-7-12/h3-8,10H,2,9H2,1H3. The maximum Gasteiger partial charge on any atom is 0.355 e. The largest absolute Gasteiger partial charge is 0.461 e. The van der Waals surface area contributed by atoms with Crippen LogP contribution in [0.3, 0.4) is 0 Å². The summed E-state index contributed by atoms with van der Waals surface area (Å²) >= 11 is 0.959. The number of esters is 1. The van der Waals surface area contributed by atoms with Crippen molar-refractivity contribution in [2.75, 3.05) is 6.61 Å². The molecule has 0 saturated heterocycles. The predicted octanol–water partition coefficient (Wildman–Crippen LogP) is 1.72. The Morgan fingerprint density at radius 1 is 1.30 bits per heavy atom. The molecule has 0 aliphatic heterocycles. The van der Waals surface area contributed by atoms with Gasteiger partial charge in [-0.3, -0.25) is 9.36 Å². The third kappa shape index (κ3) is 3.21. The van der Waals surface area contributed by atoms with Crippen LogP contribution >= 0.6 is 11.3 Å². The summed E-state index contributed by atoms with van der Waals surface area (Å²) in [5, 5.41) is 10.0. The molecule has 2 heterocycles. The van der Waals surface area contributed by atoms with E-state index in [9.17, 15) is 9.59 Å². The second-order valence-electron chi connectivity index (χ2n) is 4.65. The molecule has 3 rings (SSSR count). The summed E-state index contributed by atoms with van der Waals surface area (Å²) in [4.78, 5) is 25.1. The van der Waals surface area contributed by atoms with Crippen LogP contribution in [0.4, 0.5) is 0 Å². The van der Waals surface area contributed by atoms with Crippen molar-refractivity contribution in [3.8, 4) is 5.69 Å². The molecule has 0 bridgehead atoms. The maximum absolute atomic E-state index is 11.9. The fraction of sp³-hybridized carbons (Fsp3) is 0.200. The number of hydrogen-bond acceptors (Lipinski definition) is 6. The van der Waals surface area contributed by atoms with E-state index in [4.69, 9.17) is 4.74 Å². The molecule has 0 aliphatic rings. The Hall–Kier alpha value is -2.74. The third-order valence-electron chi connectivity index (χ3n) is 3.11. The lowest BCUT2D eigenvalue weighted by molar-refractivity contribution is 0.0514. The number of thiazole rings is 1. The van der Waals surface area contributed by atoms with Crippen molar-refractivity contribution in [3.63, 3.8) is 0 Å². The Labute approximate surface area is 135 Å². The lowest BCUT2D eigenvalue weighted by Gasteiger charge is -2.04. The molecule has 3 aromatic rings. The van der Waals surface area contributed by atoms with E-state index in [1.165, 1.54) is 14.7 Å². The summed E-state index contributed by atoms with van der Waals surface area (Å²) in [6.07, 6.45) is 1.58. The van der Waals surface area contributed by atoms with Crippen LogP contribution in [0.1, 0.15) is 23.1 Å². The van der Waals surface area contributed by atoms with Crippen molar-refractivity contribution in [1.82, 2.24) is 19.6 Å². The third-order valence-corrected chi connectivity index (χ3v) is 3.88. The van der Waals surface area contributed by atoms with Crippen molar-refractivity contribution in [3.05, 3.63) is 63.0 Å². The molecule has 0 radical (unpaired) electrons. The Morgan fingerprint density at radius 2 is 2.09 bits per heavy atom. The number of hydrogen-bond donors (Lipinski definition) is 0. The van der Waals surface area contributed by atoms with Crippen LogP contribution in [0.5, 0.6) is 0 Å². The Kier molecular flexibility index (Phi) is 4.33. The first-order valence-electron chi connectivity index (χ1n) is 7.01. The Balaban J connectivity index is 1.86. The van der Waals surface area contributed by atoms with Crippen molar-refractivity contribution in [2.24, 2.45) is 0 Å². The first-order chi connectivity index (χ1) is 11.2. The molecular weight excluding hydrogens is 316 g/mol. The highest BCUT2D eigenvalue weighted by atomic mass is 32.1. The lowest BCUT2D eigenvalue weighted by atomic mass is 10.3. The average Bonchev–Trinajstić information content (AvgIpc) is 3.17. The van der Waals surface area contributed by atoms with Gasteiger partial charge in [0.05, 0.1) is 25.0 Å². The zero-order chi connectivity index (χ0) is 16.2. The summed E-state index contributed by atoms with van der Waals surface area (Å²) in [5.41, 5.74) is 1.64. The molecule has 0 fully saturated rings. The van der Waals surface area contributed by atoms with Crippen LogP contribution in [0.25, 0.3) is 5.69 Å². The Morgan fingerprint density at radius 3 is 2.83 bits per heavy atom. The monoisotopic (exact) mass is 330 g/mol. The van der Waals surface area contributed by atoms with E-state index in [2.05, 4.69) is 10.2 Å². The van der Waals surface area contributed by atoms with Gasteiger partial charge in [0.1, 0.15) is 11.4 Å². The first kappa shape index (κ1) is 15.2. The van der Waals surface area contributed by atoms with E-state index in [0.717, 1.165) is 17.0 Å². The van der Waals surface area contributed by atoms with Gasteiger partial charge >= 0.3 is 10.8 Å². The number of carbonyl (C=O) groups is 1. The molecule has 2 aromatic heterocycles. The average molecular weight is 330 g/mol. The highest BCUT2D eigenvalue weighted by Crippen LogP contribution is 2.09. The van der Waals surface area contributed by atoms with Crippen LogP contribution in [0.2, 0.25) is 0 Å². The SMILES string of the molecule is CCOC(=O)c1csc(=O)n1Cc1cnn(-c2ccccc2)n1. The minimum atomic E-state index is -0.513. The fourth-order valence-corrected chi connectivity index (χ4v) is 2.79. The second kappa shape index (κ2) is 6.57. The topological polar surface area (TPSA) is 79.0 Å². The van der Waals surface area contributed by atoms with E-state index in [1.54, 1.807) is 13.1 Å². The van der Waals surface area contributed by atoms with Crippen LogP contribution in [0.15, 0.2) is 46.7 Å². The number of ether oxygens (including phenoxy) is 1. The summed E-state index contributed by atoms with van der Waals surface area (Å²) < 4.78 is 6.31. The molecule has 0 unspecified atom stereocenters. The molecule has 0 amide bonds. The zero-order valence-corrected chi connectivity index (χ0v) is 13.2. The van der Waals surface area contributed by atoms with Gasteiger partial charge in [-0.2, -0.15) is 15.0 Å². The summed E-state index contributed by atoms with van der Waals surface area (Å²) in [7, 11) is 0. The molecule has 0 aliphatic carbocycles. The van der Waals surface area contributed by atoms with E-state index in [1.807, 2.05) is 30.3 Å². The van der Waals surface area contributed by atoms with E-state index in [0.29, 0.717) is 5.69 Å². The smallest absolute Gasteiger partial charge is 0.355 e. The van der Waals surface area contributed by atoms with Gasteiger partial charge in [-0.15, -0.1) is 0 Å². The predicted molar refractivity (Wildman–Crippen MR) is 85.0 cm³/mol. The van der Waals surface area contributed by atoms with E-state index >= 15 is 0 Å². The van der Waals surface area contributed by atoms with Gasteiger partial charge in [0.2, 0.25) is 0 Å². The van der Waals surface area contributed by atoms with Gasteiger partial charge in [0.25, 0.3) is 0 Å². The number of nitrogens with zero attached hydrogens (tertiary/aromatic N) is 4. The van der Waals surface area contributed by atoms with Crippen LogP contribution in [-0.2, 0) is 11.3 Å². The molecule has 8 heteroatoms. The molecule has 7 nitrogen and oxygen atoms in total. The highest BCUT2D eigenvalue weighted by molar-refractivity contribution is 7.07. The molecule has 0 N–H and O–H groups in total. The van der Waals surface area contributed by atoms with Crippen LogP contribution in [-0.4, -0.2) is 32.1 Å². The molecule has 0 saturated carbocycles. The number of para-hydroxylation sites is 1. The summed E-state index contributed by atoms with van der Waals surface area (Å²) in [6.45, 7) is 2.15. The molecule has 1 aromatic carbocycles.